The molecule has 3 aromatic heterocycles. The summed E-state index contributed by atoms with van der Waals surface area (Å²) in [6, 6.07) is 12.7. The maximum Gasteiger partial charge on any atom is 0.258 e. The van der Waals surface area contributed by atoms with Gasteiger partial charge in [-0.05, 0) is 36.4 Å². The van der Waals surface area contributed by atoms with Crippen LogP contribution in [0.15, 0.2) is 67.3 Å². The monoisotopic (exact) mass is 276 g/mol. The first-order valence-corrected chi connectivity index (χ1v) is 6.42. The van der Waals surface area contributed by atoms with Gasteiger partial charge >= 0.3 is 0 Å². The Bertz CT molecular complexity index is 727. The Kier molecular flexibility index (Phi) is 3.64. The summed E-state index contributed by atoms with van der Waals surface area (Å²) in [5.74, 6) is 0.254. The molecule has 0 radical (unpaired) electrons. The Hall–Kier alpha value is -3.08. The molecule has 3 aromatic rings. The second kappa shape index (κ2) is 5.92. The lowest BCUT2D eigenvalue weighted by molar-refractivity contribution is 0.102. The molecule has 21 heavy (non-hydrogen) atoms. The van der Waals surface area contributed by atoms with Gasteiger partial charge in [0.1, 0.15) is 5.82 Å². The second-order valence-corrected chi connectivity index (χ2v) is 4.34. The summed E-state index contributed by atoms with van der Waals surface area (Å²) in [6.07, 6.45) is 6.54. The van der Waals surface area contributed by atoms with E-state index in [1.165, 1.54) is 6.20 Å². The molecule has 0 bridgehead atoms. The van der Waals surface area contributed by atoms with Crippen molar-refractivity contribution in [3.05, 3.63) is 72.8 Å². The Morgan fingerprint density at radius 3 is 2.52 bits per heavy atom. The van der Waals surface area contributed by atoms with E-state index < -0.39 is 0 Å². The molecule has 0 saturated carbocycles. The highest BCUT2D eigenvalue weighted by atomic mass is 16.1. The predicted molar refractivity (Wildman–Crippen MR) is 79.7 cm³/mol. The van der Waals surface area contributed by atoms with Gasteiger partial charge in [-0.1, -0.05) is 6.07 Å². The molecular weight excluding hydrogens is 264 g/mol. The lowest BCUT2D eigenvalue weighted by Crippen LogP contribution is -2.12. The normalized spacial score (nSPS) is 10.1. The van der Waals surface area contributed by atoms with Gasteiger partial charge in [-0.3, -0.25) is 14.8 Å². The van der Waals surface area contributed by atoms with Gasteiger partial charge in [0.15, 0.2) is 0 Å². The van der Waals surface area contributed by atoms with Crippen LogP contribution in [0.3, 0.4) is 0 Å². The lowest BCUT2D eigenvalue weighted by atomic mass is 10.2. The van der Waals surface area contributed by atoms with Crippen LogP contribution in [-0.2, 0) is 0 Å². The molecule has 1 amide bonds. The number of nitrogens with one attached hydrogen (secondary N) is 1. The number of anilines is 1. The molecule has 1 N–H and O–H groups in total. The van der Waals surface area contributed by atoms with E-state index >= 15 is 0 Å². The van der Waals surface area contributed by atoms with Gasteiger partial charge in [-0.15, -0.1) is 0 Å². The number of nitrogens with zero attached hydrogens (tertiary/aromatic N) is 3. The van der Waals surface area contributed by atoms with Crippen molar-refractivity contribution < 1.29 is 4.79 Å². The maximum absolute atomic E-state index is 12.0. The summed E-state index contributed by atoms with van der Waals surface area (Å²) in [5, 5.41) is 2.73. The van der Waals surface area contributed by atoms with E-state index in [0.717, 1.165) is 11.3 Å². The van der Waals surface area contributed by atoms with Crippen LogP contribution in [0.1, 0.15) is 10.4 Å². The van der Waals surface area contributed by atoms with Crippen molar-refractivity contribution in [1.29, 1.82) is 0 Å². The summed E-state index contributed by atoms with van der Waals surface area (Å²) in [7, 11) is 0. The van der Waals surface area contributed by atoms with Gasteiger partial charge in [0.25, 0.3) is 5.91 Å². The van der Waals surface area contributed by atoms with Crippen LogP contribution in [0.4, 0.5) is 5.82 Å². The van der Waals surface area contributed by atoms with Crippen molar-refractivity contribution in [3.8, 4) is 11.3 Å². The van der Waals surface area contributed by atoms with Gasteiger partial charge in [-0.25, -0.2) is 4.98 Å². The molecule has 0 unspecified atom stereocenters. The van der Waals surface area contributed by atoms with Crippen LogP contribution in [0, 0.1) is 0 Å². The van der Waals surface area contributed by atoms with Crippen molar-refractivity contribution in [2.45, 2.75) is 0 Å². The quantitative estimate of drug-likeness (QED) is 0.798. The van der Waals surface area contributed by atoms with E-state index in [1.54, 1.807) is 36.8 Å². The van der Waals surface area contributed by atoms with Crippen LogP contribution in [0.25, 0.3) is 11.3 Å². The second-order valence-electron chi connectivity index (χ2n) is 4.34. The molecule has 0 aliphatic heterocycles. The number of carbonyl (C=O) groups is 1. The highest BCUT2D eigenvalue weighted by molar-refractivity contribution is 6.03. The predicted octanol–water partition coefficient (Wildman–Crippen LogP) is 2.79. The zero-order valence-electron chi connectivity index (χ0n) is 11.1. The highest BCUT2D eigenvalue weighted by Gasteiger charge is 2.06. The third kappa shape index (κ3) is 3.09. The Morgan fingerprint density at radius 1 is 0.905 bits per heavy atom. The number of rotatable bonds is 3. The van der Waals surface area contributed by atoms with Crippen LogP contribution in [0.5, 0.6) is 0 Å². The molecule has 3 heterocycles. The molecule has 0 spiro atoms. The third-order valence-electron chi connectivity index (χ3n) is 2.89. The maximum atomic E-state index is 12.0. The first-order chi connectivity index (χ1) is 10.3. The highest BCUT2D eigenvalue weighted by Crippen LogP contribution is 2.16. The molecule has 0 aliphatic rings. The van der Waals surface area contributed by atoms with Crippen LogP contribution in [-0.4, -0.2) is 20.9 Å². The van der Waals surface area contributed by atoms with Gasteiger partial charge in [0.2, 0.25) is 0 Å². The minimum atomic E-state index is -0.235. The van der Waals surface area contributed by atoms with Crippen molar-refractivity contribution in [2.24, 2.45) is 0 Å². The molecule has 5 nitrogen and oxygen atoms in total. The minimum absolute atomic E-state index is 0.235. The smallest absolute Gasteiger partial charge is 0.258 e. The van der Waals surface area contributed by atoms with E-state index in [0.29, 0.717) is 11.4 Å². The molecular formula is C16H12N4O. The molecule has 0 saturated heterocycles. The third-order valence-corrected chi connectivity index (χ3v) is 2.89. The fourth-order valence-corrected chi connectivity index (χ4v) is 1.84. The summed E-state index contributed by atoms with van der Waals surface area (Å²) in [4.78, 5) is 24.4. The number of aromatic nitrogens is 3. The number of carbonyl (C=O) groups excluding carboxylic acids is 1. The molecule has 0 atom stereocenters. The zero-order chi connectivity index (χ0) is 14.5. The van der Waals surface area contributed by atoms with E-state index in [4.69, 9.17) is 0 Å². The Morgan fingerprint density at radius 2 is 1.86 bits per heavy atom. The summed E-state index contributed by atoms with van der Waals surface area (Å²) < 4.78 is 0. The molecule has 0 aromatic carbocycles. The summed E-state index contributed by atoms with van der Waals surface area (Å²) in [6.45, 7) is 0. The van der Waals surface area contributed by atoms with E-state index in [9.17, 15) is 4.79 Å². The zero-order valence-corrected chi connectivity index (χ0v) is 11.1. The van der Waals surface area contributed by atoms with Gasteiger partial charge in [-0.2, -0.15) is 0 Å². The van der Waals surface area contributed by atoms with Crippen LogP contribution in [0.2, 0.25) is 0 Å². The Labute approximate surface area is 121 Å². The van der Waals surface area contributed by atoms with E-state index in [1.807, 2.05) is 24.3 Å². The summed E-state index contributed by atoms with van der Waals surface area (Å²) >= 11 is 0. The summed E-state index contributed by atoms with van der Waals surface area (Å²) in [5.41, 5.74) is 2.23. The topological polar surface area (TPSA) is 67.8 Å². The number of pyridine rings is 3. The van der Waals surface area contributed by atoms with Crippen LogP contribution < -0.4 is 5.32 Å². The molecule has 0 fully saturated rings. The van der Waals surface area contributed by atoms with Crippen molar-refractivity contribution in [2.75, 3.05) is 5.32 Å². The Balaban J connectivity index is 1.75. The molecule has 102 valence electrons. The van der Waals surface area contributed by atoms with Crippen molar-refractivity contribution >= 4 is 11.7 Å². The van der Waals surface area contributed by atoms with Gasteiger partial charge < -0.3 is 5.32 Å². The average Bonchev–Trinajstić information content (AvgIpc) is 2.57. The SMILES string of the molecule is O=C(Nc1ccc(-c2ccccn2)cn1)c1cccnc1. The van der Waals surface area contributed by atoms with E-state index in [2.05, 4.69) is 20.3 Å². The minimum Gasteiger partial charge on any atom is -0.307 e. The average molecular weight is 276 g/mol. The first kappa shape index (κ1) is 12.9. The molecule has 3 rings (SSSR count). The molecule has 0 aliphatic carbocycles. The number of hydrogen-bond donors (Lipinski definition) is 1. The van der Waals surface area contributed by atoms with Gasteiger partial charge in [0.05, 0.1) is 11.3 Å². The number of hydrogen-bond acceptors (Lipinski definition) is 4. The van der Waals surface area contributed by atoms with E-state index in [-0.39, 0.29) is 5.91 Å². The lowest BCUT2D eigenvalue weighted by Gasteiger charge is -2.05. The number of amides is 1. The van der Waals surface area contributed by atoms with Crippen molar-refractivity contribution in [3.63, 3.8) is 0 Å². The standard InChI is InChI=1S/C16H12N4O/c21-16(13-4-3-8-17-10-13)20-15-7-6-12(11-19-15)14-5-1-2-9-18-14/h1-11H,(H,19,20,21). The largest absolute Gasteiger partial charge is 0.307 e. The first-order valence-electron chi connectivity index (χ1n) is 6.42. The fourth-order valence-electron chi connectivity index (χ4n) is 1.84. The van der Waals surface area contributed by atoms with Crippen molar-refractivity contribution in [1.82, 2.24) is 15.0 Å². The molecule has 5 heteroatoms. The van der Waals surface area contributed by atoms with Gasteiger partial charge in [0, 0.05) is 30.4 Å². The van der Waals surface area contributed by atoms with Crippen LogP contribution >= 0.6 is 0 Å². The fraction of sp³-hybridized carbons (Fsp3) is 0.